The van der Waals surface area contributed by atoms with E-state index in [0.29, 0.717) is 5.92 Å². The van der Waals surface area contributed by atoms with E-state index in [4.69, 9.17) is 0 Å². The number of rotatable bonds is 4. The Balaban J connectivity index is 2.07. The molecule has 0 bridgehead atoms. The van der Waals surface area contributed by atoms with E-state index in [1.165, 1.54) is 6.42 Å². The van der Waals surface area contributed by atoms with Gasteiger partial charge < -0.3 is 5.32 Å². The number of amides is 1. The number of hydrogen-bond acceptors (Lipinski definition) is 3. The molecule has 1 saturated carbocycles. The standard InChI is InChI=1S/C18H22N2OS/c1-13-5-3-4-6-17(13)20-18(21)15(12-19)11-14-7-9-16(22-2)10-8-14/h7-11,13,17H,3-6H2,1-2H3,(H,20,21)/b15-11+/t13-,17+/m0/s1. The topological polar surface area (TPSA) is 52.9 Å². The number of benzene rings is 1. The monoisotopic (exact) mass is 314 g/mol. The number of nitrogens with one attached hydrogen (secondary N) is 1. The van der Waals surface area contributed by atoms with Crippen LogP contribution >= 0.6 is 11.8 Å². The second kappa shape index (κ2) is 8.05. The molecule has 0 aliphatic heterocycles. The fourth-order valence-electron chi connectivity index (χ4n) is 2.79. The van der Waals surface area contributed by atoms with E-state index in [-0.39, 0.29) is 17.5 Å². The van der Waals surface area contributed by atoms with E-state index in [9.17, 15) is 10.1 Å². The summed E-state index contributed by atoms with van der Waals surface area (Å²) in [6.07, 6.45) is 8.21. The molecular formula is C18H22N2OS. The molecule has 1 aliphatic rings. The van der Waals surface area contributed by atoms with Gasteiger partial charge in [0, 0.05) is 10.9 Å². The lowest BCUT2D eigenvalue weighted by molar-refractivity contribution is -0.118. The zero-order valence-electron chi connectivity index (χ0n) is 13.1. The third kappa shape index (κ3) is 4.38. The Morgan fingerprint density at radius 1 is 1.32 bits per heavy atom. The van der Waals surface area contributed by atoms with Crippen molar-refractivity contribution in [1.29, 1.82) is 5.26 Å². The summed E-state index contributed by atoms with van der Waals surface area (Å²) >= 11 is 1.67. The van der Waals surface area contributed by atoms with Crippen LogP contribution in [0.15, 0.2) is 34.7 Å². The van der Waals surface area contributed by atoms with Crippen molar-refractivity contribution in [3.05, 3.63) is 35.4 Å². The predicted octanol–water partition coefficient (Wildman–Crippen LogP) is 4.01. The number of nitrogens with zero attached hydrogens (tertiary/aromatic N) is 1. The van der Waals surface area contributed by atoms with Crippen molar-refractivity contribution >= 4 is 23.7 Å². The molecule has 2 atom stereocenters. The Morgan fingerprint density at radius 2 is 2.00 bits per heavy atom. The van der Waals surface area contributed by atoms with Crippen LogP contribution < -0.4 is 5.32 Å². The highest BCUT2D eigenvalue weighted by atomic mass is 32.2. The Morgan fingerprint density at radius 3 is 2.59 bits per heavy atom. The predicted molar refractivity (Wildman–Crippen MR) is 91.4 cm³/mol. The van der Waals surface area contributed by atoms with Gasteiger partial charge in [0.25, 0.3) is 5.91 Å². The van der Waals surface area contributed by atoms with Crippen molar-refractivity contribution in [3.8, 4) is 6.07 Å². The van der Waals surface area contributed by atoms with E-state index >= 15 is 0 Å². The Labute approximate surface area is 136 Å². The maximum absolute atomic E-state index is 12.3. The molecule has 1 N–H and O–H groups in total. The average molecular weight is 314 g/mol. The van der Waals surface area contributed by atoms with Gasteiger partial charge in [-0.1, -0.05) is 31.9 Å². The van der Waals surface area contributed by atoms with Crippen LogP contribution in [-0.2, 0) is 4.79 Å². The summed E-state index contributed by atoms with van der Waals surface area (Å²) < 4.78 is 0. The first kappa shape index (κ1) is 16.6. The van der Waals surface area contributed by atoms with Crippen LogP contribution in [0.1, 0.15) is 38.2 Å². The molecule has 0 saturated heterocycles. The van der Waals surface area contributed by atoms with E-state index in [1.54, 1.807) is 17.8 Å². The van der Waals surface area contributed by atoms with E-state index in [1.807, 2.05) is 36.6 Å². The SMILES string of the molecule is CSc1ccc(/C=C(\C#N)C(=O)N[C@@H]2CCCC[C@@H]2C)cc1. The molecule has 1 aliphatic carbocycles. The molecule has 3 nitrogen and oxygen atoms in total. The molecule has 2 rings (SSSR count). The average Bonchev–Trinajstić information content (AvgIpc) is 2.55. The zero-order chi connectivity index (χ0) is 15.9. The lowest BCUT2D eigenvalue weighted by Gasteiger charge is -2.29. The highest BCUT2D eigenvalue weighted by molar-refractivity contribution is 7.98. The molecule has 0 heterocycles. The number of carbonyl (C=O) groups excluding carboxylic acids is 1. The third-order valence-corrected chi connectivity index (χ3v) is 4.96. The van der Waals surface area contributed by atoms with Gasteiger partial charge in [-0.3, -0.25) is 4.79 Å². The molecule has 1 aromatic carbocycles. The van der Waals surface area contributed by atoms with Crippen LogP contribution in [0, 0.1) is 17.2 Å². The molecule has 1 aromatic rings. The van der Waals surface area contributed by atoms with Crippen LogP contribution in [0.25, 0.3) is 6.08 Å². The summed E-state index contributed by atoms with van der Waals surface area (Å²) in [7, 11) is 0. The van der Waals surface area contributed by atoms with Gasteiger partial charge in [-0.15, -0.1) is 11.8 Å². The first-order chi connectivity index (χ1) is 10.6. The summed E-state index contributed by atoms with van der Waals surface area (Å²) in [5.74, 6) is 0.230. The van der Waals surface area contributed by atoms with Gasteiger partial charge in [0.15, 0.2) is 0 Å². The summed E-state index contributed by atoms with van der Waals surface area (Å²) in [5, 5.41) is 12.3. The molecule has 116 valence electrons. The number of carbonyl (C=O) groups is 1. The van der Waals surface area contributed by atoms with Crippen LogP contribution in [-0.4, -0.2) is 18.2 Å². The summed E-state index contributed by atoms with van der Waals surface area (Å²) in [5.41, 5.74) is 1.05. The first-order valence-corrected chi connectivity index (χ1v) is 8.93. The summed E-state index contributed by atoms with van der Waals surface area (Å²) in [6, 6.07) is 10.1. The number of hydrogen-bond donors (Lipinski definition) is 1. The fraction of sp³-hybridized carbons (Fsp3) is 0.444. The number of thioether (sulfide) groups is 1. The van der Waals surface area contributed by atoms with Crippen molar-refractivity contribution in [3.63, 3.8) is 0 Å². The summed E-state index contributed by atoms with van der Waals surface area (Å²) in [6.45, 7) is 2.17. The molecule has 0 aromatic heterocycles. The van der Waals surface area contributed by atoms with Gasteiger partial charge >= 0.3 is 0 Å². The van der Waals surface area contributed by atoms with Gasteiger partial charge in [-0.05, 0) is 48.8 Å². The normalized spacial score (nSPS) is 22.0. The van der Waals surface area contributed by atoms with Gasteiger partial charge in [0.2, 0.25) is 0 Å². The quantitative estimate of drug-likeness (QED) is 0.519. The van der Waals surface area contributed by atoms with Crippen molar-refractivity contribution < 1.29 is 4.79 Å². The van der Waals surface area contributed by atoms with Gasteiger partial charge in [-0.2, -0.15) is 5.26 Å². The van der Waals surface area contributed by atoms with Crippen LogP contribution in [0.4, 0.5) is 0 Å². The van der Waals surface area contributed by atoms with Crippen LogP contribution in [0.3, 0.4) is 0 Å². The Hall–Kier alpha value is -1.73. The van der Waals surface area contributed by atoms with Gasteiger partial charge in [-0.25, -0.2) is 0 Å². The lowest BCUT2D eigenvalue weighted by Crippen LogP contribution is -2.41. The third-order valence-electron chi connectivity index (χ3n) is 4.22. The highest BCUT2D eigenvalue weighted by Crippen LogP contribution is 2.24. The smallest absolute Gasteiger partial charge is 0.262 e. The molecule has 4 heteroatoms. The molecule has 22 heavy (non-hydrogen) atoms. The molecule has 0 spiro atoms. The number of nitriles is 1. The first-order valence-electron chi connectivity index (χ1n) is 7.70. The molecule has 1 fully saturated rings. The fourth-order valence-corrected chi connectivity index (χ4v) is 3.20. The van der Waals surface area contributed by atoms with E-state index < -0.39 is 0 Å². The van der Waals surface area contributed by atoms with E-state index in [2.05, 4.69) is 12.2 Å². The minimum atomic E-state index is -0.254. The minimum absolute atomic E-state index is 0.176. The lowest BCUT2D eigenvalue weighted by atomic mass is 9.86. The zero-order valence-corrected chi connectivity index (χ0v) is 14.0. The van der Waals surface area contributed by atoms with Gasteiger partial charge in [0.05, 0.1) is 0 Å². The maximum Gasteiger partial charge on any atom is 0.262 e. The van der Waals surface area contributed by atoms with Crippen molar-refractivity contribution in [2.75, 3.05) is 6.26 Å². The van der Waals surface area contributed by atoms with E-state index in [0.717, 1.165) is 29.7 Å². The maximum atomic E-state index is 12.3. The Bertz CT molecular complexity index is 586. The minimum Gasteiger partial charge on any atom is -0.348 e. The second-order valence-corrected chi connectivity index (χ2v) is 6.66. The van der Waals surface area contributed by atoms with Crippen molar-refractivity contribution in [2.24, 2.45) is 5.92 Å². The van der Waals surface area contributed by atoms with Gasteiger partial charge in [0.1, 0.15) is 11.6 Å². The highest BCUT2D eigenvalue weighted by Gasteiger charge is 2.23. The molecule has 0 radical (unpaired) electrons. The van der Waals surface area contributed by atoms with Crippen molar-refractivity contribution in [2.45, 2.75) is 43.5 Å². The van der Waals surface area contributed by atoms with Crippen LogP contribution in [0.2, 0.25) is 0 Å². The largest absolute Gasteiger partial charge is 0.348 e. The van der Waals surface area contributed by atoms with Crippen LogP contribution in [0.5, 0.6) is 0 Å². The second-order valence-electron chi connectivity index (χ2n) is 5.78. The molecular weight excluding hydrogens is 292 g/mol. The Kier molecular flexibility index (Phi) is 6.09. The van der Waals surface area contributed by atoms with Crippen molar-refractivity contribution in [1.82, 2.24) is 5.32 Å². The molecule has 1 amide bonds. The molecule has 0 unspecified atom stereocenters. The summed E-state index contributed by atoms with van der Waals surface area (Å²) in [4.78, 5) is 13.5.